The summed E-state index contributed by atoms with van der Waals surface area (Å²) < 4.78 is 5.07. The molecule has 1 aliphatic rings. The summed E-state index contributed by atoms with van der Waals surface area (Å²) in [5.41, 5.74) is 3.71. The van der Waals surface area contributed by atoms with Gasteiger partial charge in [0.2, 0.25) is 11.8 Å². The van der Waals surface area contributed by atoms with Crippen LogP contribution in [0.5, 0.6) is 5.75 Å². The zero-order valence-electron chi connectivity index (χ0n) is 30.5. The number of benzene rings is 3. The number of nitrogens with zero attached hydrogens (tertiary/aromatic N) is 2. The lowest BCUT2D eigenvalue weighted by Gasteiger charge is -2.34. The Labute approximate surface area is 305 Å². The SMILES string of the molecule is Cc1ccccc1CNC(=O)[C@H]1N(C(=O)[C@@H](O)[C@H](Cc2ccccc2)NC(=O)[C@@H](NC(=O)COc2cccc(N(C)C)c2)C(C)C)CSC1(C)C. The highest BCUT2D eigenvalue weighted by atomic mass is 32.2. The van der Waals surface area contributed by atoms with Crippen LogP contribution in [0.2, 0.25) is 0 Å². The van der Waals surface area contributed by atoms with E-state index in [2.05, 4.69) is 16.0 Å². The number of aliphatic hydroxyl groups excluding tert-OH is 1. The number of aryl methyl sites for hydroxylation is 1. The second-order valence-corrected chi connectivity index (χ2v) is 15.6. The number of carbonyl (C=O) groups excluding carboxylic acids is 4. The first-order chi connectivity index (χ1) is 24.2. The molecule has 12 heteroatoms. The van der Waals surface area contributed by atoms with Crippen molar-refractivity contribution in [2.75, 3.05) is 31.5 Å². The van der Waals surface area contributed by atoms with Crippen LogP contribution < -0.4 is 25.6 Å². The Balaban J connectivity index is 1.48. The van der Waals surface area contributed by atoms with E-state index in [0.717, 1.165) is 22.4 Å². The van der Waals surface area contributed by atoms with E-state index in [0.29, 0.717) is 12.3 Å². The molecular formula is C39H51N5O6S. The molecule has 1 aliphatic heterocycles. The maximum atomic E-state index is 14.1. The minimum Gasteiger partial charge on any atom is -0.484 e. The molecule has 1 saturated heterocycles. The first kappa shape index (κ1) is 39.2. The van der Waals surface area contributed by atoms with Gasteiger partial charge in [-0.15, -0.1) is 11.8 Å². The predicted molar refractivity (Wildman–Crippen MR) is 201 cm³/mol. The number of aliphatic hydroxyl groups is 1. The fraction of sp³-hybridized carbons (Fsp3) is 0.436. The third-order valence-electron chi connectivity index (χ3n) is 9.02. The number of carbonyl (C=O) groups is 4. The summed E-state index contributed by atoms with van der Waals surface area (Å²) in [5.74, 6) is -1.65. The highest BCUT2D eigenvalue weighted by molar-refractivity contribution is 8.00. The molecule has 4 atom stereocenters. The minimum atomic E-state index is -1.67. The maximum absolute atomic E-state index is 14.1. The summed E-state index contributed by atoms with van der Waals surface area (Å²) in [6, 6.07) is 21.4. The molecule has 0 unspecified atom stereocenters. The second-order valence-electron chi connectivity index (χ2n) is 14.0. The lowest BCUT2D eigenvalue weighted by Crippen LogP contribution is -2.60. The van der Waals surface area contributed by atoms with Crippen LogP contribution in [-0.2, 0) is 32.1 Å². The van der Waals surface area contributed by atoms with Crippen molar-refractivity contribution in [1.29, 1.82) is 0 Å². The molecule has 1 fully saturated rings. The van der Waals surface area contributed by atoms with Gasteiger partial charge in [0.15, 0.2) is 12.7 Å². The standard InChI is InChI=1S/C39H51N5O6S/c1-25(2)33(42-32(45)23-50-30-19-13-18-29(21-30)43(6)7)36(47)41-31(20-27-15-9-8-10-16-27)34(46)38(49)44-24-51-39(4,5)35(44)37(48)40-22-28-17-12-11-14-26(28)3/h8-19,21,25,31,33-35,46H,20,22-24H2,1-7H3,(H,40,48)(H,41,47)(H,42,45)/t31-,33-,34-,35+/m0/s1. The number of amides is 4. The van der Waals surface area contributed by atoms with Gasteiger partial charge in [0.25, 0.3) is 11.8 Å². The highest BCUT2D eigenvalue weighted by Gasteiger charge is 2.50. The summed E-state index contributed by atoms with van der Waals surface area (Å²) in [7, 11) is 3.81. The Morgan fingerprint density at radius 1 is 0.980 bits per heavy atom. The average molecular weight is 718 g/mol. The van der Waals surface area contributed by atoms with E-state index in [1.54, 1.807) is 19.9 Å². The van der Waals surface area contributed by atoms with Gasteiger partial charge in [0.1, 0.15) is 17.8 Å². The molecule has 0 aromatic heterocycles. The van der Waals surface area contributed by atoms with Gasteiger partial charge in [0, 0.05) is 37.1 Å². The molecule has 4 amide bonds. The molecule has 4 N–H and O–H groups in total. The first-order valence-corrected chi connectivity index (χ1v) is 18.1. The Hall–Kier alpha value is -4.55. The predicted octanol–water partition coefficient (Wildman–Crippen LogP) is 3.67. The highest BCUT2D eigenvalue weighted by Crippen LogP contribution is 2.40. The number of hydrogen-bond acceptors (Lipinski definition) is 8. The Morgan fingerprint density at radius 3 is 2.33 bits per heavy atom. The van der Waals surface area contributed by atoms with Gasteiger partial charge in [-0.1, -0.05) is 74.5 Å². The molecule has 1 heterocycles. The van der Waals surface area contributed by atoms with Gasteiger partial charge in [-0.05, 0) is 61.9 Å². The lowest BCUT2D eigenvalue weighted by atomic mass is 9.96. The number of thioether (sulfide) groups is 1. The smallest absolute Gasteiger partial charge is 0.258 e. The van der Waals surface area contributed by atoms with E-state index in [-0.39, 0.29) is 30.7 Å². The summed E-state index contributed by atoms with van der Waals surface area (Å²) >= 11 is 1.45. The monoisotopic (exact) mass is 717 g/mol. The van der Waals surface area contributed by atoms with Gasteiger partial charge in [-0.3, -0.25) is 19.2 Å². The van der Waals surface area contributed by atoms with Crippen molar-refractivity contribution in [2.24, 2.45) is 5.92 Å². The normalized spacial score (nSPS) is 16.9. The molecule has 51 heavy (non-hydrogen) atoms. The van der Waals surface area contributed by atoms with Gasteiger partial charge >= 0.3 is 0 Å². The lowest BCUT2D eigenvalue weighted by molar-refractivity contribution is -0.148. The first-order valence-electron chi connectivity index (χ1n) is 17.2. The van der Waals surface area contributed by atoms with E-state index >= 15 is 0 Å². The molecule has 4 rings (SSSR count). The van der Waals surface area contributed by atoms with E-state index in [1.807, 2.05) is 113 Å². The molecule has 11 nitrogen and oxygen atoms in total. The van der Waals surface area contributed by atoms with Crippen LogP contribution in [0.4, 0.5) is 5.69 Å². The van der Waals surface area contributed by atoms with Crippen molar-refractivity contribution in [2.45, 2.75) is 76.6 Å². The van der Waals surface area contributed by atoms with Gasteiger partial charge in [-0.2, -0.15) is 0 Å². The number of rotatable bonds is 15. The van der Waals surface area contributed by atoms with Crippen LogP contribution in [0.3, 0.4) is 0 Å². The van der Waals surface area contributed by atoms with E-state index in [4.69, 9.17) is 4.74 Å². The summed E-state index contributed by atoms with van der Waals surface area (Å²) in [6.07, 6.45) is -1.54. The molecule has 0 radical (unpaired) electrons. The number of nitrogens with one attached hydrogen (secondary N) is 3. The maximum Gasteiger partial charge on any atom is 0.258 e. The van der Waals surface area contributed by atoms with Gasteiger partial charge < -0.3 is 35.6 Å². The van der Waals surface area contributed by atoms with Gasteiger partial charge in [-0.25, -0.2) is 0 Å². The van der Waals surface area contributed by atoms with Crippen molar-refractivity contribution in [1.82, 2.24) is 20.9 Å². The minimum absolute atomic E-state index is 0.137. The van der Waals surface area contributed by atoms with Crippen LogP contribution in [0, 0.1) is 12.8 Å². The molecule has 0 spiro atoms. The summed E-state index contributed by atoms with van der Waals surface area (Å²) in [6.45, 7) is 9.35. The molecular weight excluding hydrogens is 667 g/mol. The van der Waals surface area contributed by atoms with Crippen LogP contribution in [0.15, 0.2) is 78.9 Å². The number of hydrogen-bond donors (Lipinski definition) is 4. The van der Waals surface area contributed by atoms with Crippen molar-refractivity contribution < 1.29 is 29.0 Å². The Bertz CT molecular complexity index is 1670. The van der Waals surface area contributed by atoms with Crippen molar-refractivity contribution >= 4 is 41.1 Å². The Kier molecular flexibility index (Phi) is 13.5. The fourth-order valence-electron chi connectivity index (χ4n) is 5.97. The molecule has 0 bridgehead atoms. The van der Waals surface area contributed by atoms with E-state index in [1.165, 1.54) is 16.7 Å². The molecule has 0 saturated carbocycles. The topological polar surface area (TPSA) is 140 Å². The molecule has 274 valence electrons. The molecule has 3 aromatic rings. The quantitative estimate of drug-likeness (QED) is 0.187. The van der Waals surface area contributed by atoms with Crippen LogP contribution >= 0.6 is 11.8 Å². The molecule has 0 aliphatic carbocycles. The third kappa shape index (κ3) is 10.5. The van der Waals surface area contributed by atoms with Gasteiger partial charge in [0.05, 0.1) is 11.9 Å². The number of ether oxygens (including phenoxy) is 1. The van der Waals surface area contributed by atoms with Crippen LogP contribution in [-0.4, -0.2) is 89.2 Å². The van der Waals surface area contributed by atoms with Crippen molar-refractivity contribution in [3.8, 4) is 5.75 Å². The zero-order chi connectivity index (χ0) is 37.3. The molecule has 3 aromatic carbocycles. The summed E-state index contributed by atoms with van der Waals surface area (Å²) in [4.78, 5) is 57.9. The number of anilines is 1. The van der Waals surface area contributed by atoms with Crippen molar-refractivity contribution in [3.05, 3.63) is 95.6 Å². The second kappa shape index (κ2) is 17.6. The largest absolute Gasteiger partial charge is 0.484 e. The Morgan fingerprint density at radius 2 is 1.67 bits per heavy atom. The zero-order valence-corrected chi connectivity index (χ0v) is 31.3. The van der Waals surface area contributed by atoms with E-state index < -0.39 is 46.7 Å². The fourth-order valence-corrected chi connectivity index (χ4v) is 7.12. The van der Waals surface area contributed by atoms with E-state index in [9.17, 15) is 24.3 Å². The average Bonchev–Trinajstić information content (AvgIpc) is 3.43. The van der Waals surface area contributed by atoms with Crippen LogP contribution in [0.25, 0.3) is 0 Å². The third-order valence-corrected chi connectivity index (χ3v) is 10.4. The van der Waals surface area contributed by atoms with Crippen molar-refractivity contribution in [3.63, 3.8) is 0 Å². The summed E-state index contributed by atoms with van der Waals surface area (Å²) in [5, 5.41) is 20.3. The van der Waals surface area contributed by atoms with Crippen LogP contribution in [0.1, 0.15) is 44.4 Å².